The Labute approximate surface area is 257 Å². The number of rotatable bonds is 4. The number of nitrogens with zero attached hydrogens (tertiary/aromatic N) is 2. The average Bonchev–Trinajstić information content (AvgIpc) is 3.70. The van der Waals surface area contributed by atoms with Crippen molar-refractivity contribution in [1.82, 2.24) is 4.90 Å². The van der Waals surface area contributed by atoms with Crippen LogP contribution in [0.3, 0.4) is 0 Å². The van der Waals surface area contributed by atoms with Gasteiger partial charge in [0.1, 0.15) is 11.5 Å². The van der Waals surface area contributed by atoms with Gasteiger partial charge in [0, 0.05) is 21.6 Å². The van der Waals surface area contributed by atoms with Crippen LogP contribution in [0.25, 0.3) is 0 Å². The van der Waals surface area contributed by atoms with Crippen molar-refractivity contribution in [1.29, 1.82) is 0 Å². The van der Waals surface area contributed by atoms with Crippen LogP contribution in [-0.2, 0) is 24.6 Å². The highest BCUT2D eigenvalue weighted by atomic mass is 79.9. The minimum Gasteiger partial charge on any atom is -0.465 e. The molecule has 0 aliphatic carbocycles. The van der Waals surface area contributed by atoms with E-state index in [1.54, 1.807) is 0 Å². The molecule has 6 atom stereocenters. The van der Waals surface area contributed by atoms with Gasteiger partial charge in [-0.3, -0.25) is 9.59 Å². The third kappa shape index (κ3) is 3.60. The van der Waals surface area contributed by atoms with Crippen molar-refractivity contribution in [3.05, 3.63) is 135 Å². The standard InChI is InChI=1S/C35H28BrN3O4/c1-2-42-33(40)30-28(20-16-18-22(36)19-17-20)35(25-14-8-9-15-26(25)37-34(35)41)31-24-13-7-6-12-23(24)27-29(21-10-4-3-5-11-21)38-43-32(27)39(30)31/h3-19,27-28,30-32H,2H2,1H3,(H,37,41)/t27-,28-,30-,31-,32+,35+/m0/s1. The zero-order chi connectivity index (χ0) is 29.3. The predicted molar refractivity (Wildman–Crippen MR) is 166 cm³/mol. The van der Waals surface area contributed by atoms with Gasteiger partial charge in [-0.1, -0.05) is 106 Å². The van der Waals surface area contributed by atoms with Gasteiger partial charge in [-0.2, -0.15) is 0 Å². The number of carbonyl (C=O) groups is 2. The second kappa shape index (κ2) is 9.89. The number of fused-ring (bicyclic) bond motifs is 9. The molecule has 4 aliphatic heterocycles. The van der Waals surface area contributed by atoms with Crippen molar-refractivity contribution in [2.24, 2.45) is 5.16 Å². The SMILES string of the molecule is CCOC(=O)[C@@H]1[C@H](c2ccc(Br)cc2)[C@@]2(C(=O)Nc3ccccc32)[C@@H]2c3ccccc3[C@H]3C(c4ccccc4)=NO[C@H]3N12. The molecule has 4 aromatic carbocycles. The zero-order valence-electron chi connectivity index (χ0n) is 23.3. The van der Waals surface area contributed by atoms with E-state index in [0.717, 1.165) is 43.7 Å². The average molecular weight is 635 g/mol. The molecular weight excluding hydrogens is 606 g/mol. The summed E-state index contributed by atoms with van der Waals surface area (Å²) in [6, 6.07) is 32.6. The summed E-state index contributed by atoms with van der Waals surface area (Å²) >= 11 is 3.57. The molecule has 43 heavy (non-hydrogen) atoms. The molecule has 1 fully saturated rings. The summed E-state index contributed by atoms with van der Waals surface area (Å²) in [6.07, 6.45) is -0.623. The Bertz CT molecular complexity index is 1790. The molecule has 214 valence electrons. The molecule has 0 bridgehead atoms. The largest absolute Gasteiger partial charge is 0.465 e. The minimum atomic E-state index is -1.15. The van der Waals surface area contributed by atoms with Crippen LogP contribution in [0.1, 0.15) is 52.6 Å². The van der Waals surface area contributed by atoms with Crippen LogP contribution in [0, 0.1) is 0 Å². The third-order valence-electron chi connectivity index (χ3n) is 9.44. The molecule has 7 nitrogen and oxygen atoms in total. The fourth-order valence-electron chi connectivity index (χ4n) is 7.96. The van der Waals surface area contributed by atoms with Gasteiger partial charge in [0.2, 0.25) is 5.91 Å². The highest BCUT2D eigenvalue weighted by Gasteiger charge is 2.73. The van der Waals surface area contributed by atoms with Gasteiger partial charge in [0.15, 0.2) is 6.23 Å². The maximum Gasteiger partial charge on any atom is 0.324 e. The van der Waals surface area contributed by atoms with Crippen molar-refractivity contribution in [3.8, 4) is 0 Å². The summed E-state index contributed by atoms with van der Waals surface area (Å²) in [5, 5.41) is 7.85. The number of carbonyl (C=O) groups excluding carboxylic acids is 2. The van der Waals surface area contributed by atoms with Crippen LogP contribution in [0.4, 0.5) is 5.69 Å². The number of amides is 1. The van der Waals surface area contributed by atoms with Gasteiger partial charge in [-0.05, 0) is 47.4 Å². The first-order chi connectivity index (χ1) is 21.1. The molecule has 4 aromatic rings. The Balaban J connectivity index is 1.44. The van der Waals surface area contributed by atoms with E-state index in [1.165, 1.54) is 0 Å². The van der Waals surface area contributed by atoms with E-state index in [4.69, 9.17) is 9.57 Å². The van der Waals surface area contributed by atoms with Gasteiger partial charge in [0.05, 0.1) is 24.3 Å². The smallest absolute Gasteiger partial charge is 0.324 e. The van der Waals surface area contributed by atoms with Crippen molar-refractivity contribution >= 4 is 39.2 Å². The number of oxime groups is 1. The molecule has 8 rings (SSSR count). The van der Waals surface area contributed by atoms with E-state index in [9.17, 15) is 9.59 Å². The predicted octanol–water partition coefficient (Wildman–Crippen LogP) is 6.27. The molecule has 0 unspecified atom stereocenters. The van der Waals surface area contributed by atoms with Crippen LogP contribution in [0.2, 0.25) is 0 Å². The van der Waals surface area contributed by atoms with Crippen LogP contribution in [-0.4, -0.2) is 41.4 Å². The molecule has 1 N–H and O–H groups in total. The van der Waals surface area contributed by atoms with Crippen molar-refractivity contribution in [3.63, 3.8) is 0 Å². The van der Waals surface area contributed by atoms with E-state index in [-0.39, 0.29) is 24.4 Å². The summed E-state index contributed by atoms with van der Waals surface area (Å²) < 4.78 is 6.72. The molecule has 0 aromatic heterocycles. The lowest BCUT2D eigenvalue weighted by Crippen LogP contribution is -2.53. The molecule has 0 radical (unpaired) electrons. The van der Waals surface area contributed by atoms with Gasteiger partial charge in [0.25, 0.3) is 0 Å². The monoisotopic (exact) mass is 633 g/mol. The summed E-state index contributed by atoms with van der Waals surface area (Å²) in [6.45, 7) is 2.03. The Kier molecular flexibility index (Phi) is 6.07. The van der Waals surface area contributed by atoms with Gasteiger partial charge >= 0.3 is 5.97 Å². The molecular formula is C35H28BrN3O4. The minimum absolute atomic E-state index is 0.140. The van der Waals surface area contributed by atoms with Crippen molar-refractivity contribution in [2.75, 3.05) is 11.9 Å². The summed E-state index contributed by atoms with van der Waals surface area (Å²) in [7, 11) is 0. The second-order valence-electron chi connectivity index (χ2n) is 11.4. The molecule has 1 saturated heterocycles. The van der Waals surface area contributed by atoms with Crippen LogP contribution >= 0.6 is 15.9 Å². The van der Waals surface area contributed by atoms with E-state index < -0.39 is 29.6 Å². The Morgan fingerprint density at radius 3 is 2.42 bits per heavy atom. The first-order valence-electron chi connectivity index (χ1n) is 14.5. The fourth-order valence-corrected chi connectivity index (χ4v) is 8.22. The number of benzene rings is 4. The quantitative estimate of drug-likeness (QED) is 0.268. The van der Waals surface area contributed by atoms with Crippen LogP contribution < -0.4 is 5.32 Å². The number of halogens is 1. The summed E-state index contributed by atoms with van der Waals surface area (Å²) in [5.41, 5.74) is 5.14. The van der Waals surface area contributed by atoms with Gasteiger partial charge in [-0.15, -0.1) is 0 Å². The molecule has 1 amide bonds. The number of esters is 1. The zero-order valence-corrected chi connectivity index (χ0v) is 24.9. The second-order valence-corrected chi connectivity index (χ2v) is 12.3. The summed E-state index contributed by atoms with van der Waals surface area (Å²) in [5.74, 6) is -1.38. The lowest BCUT2D eigenvalue weighted by molar-refractivity contribution is -0.158. The van der Waals surface area contributed by atoms with Gasteiger partial charge in [-0.25, -0.2) is 4.90 Å². The number of hydrogen-bond donors (Lipinski definition) is 1. The number of ether oxygens (including phenoxy) is 1. The Hall–Kier alpha value is -4.27. The molecule has 4 aliphatic rings. The van der Waals surface area contributed by atoms with Crippen LogP contribution in [0.5, 0.6) is 0 Å². The lowest BCUT2D eigenvalue weighted by Gasteiger charge is -2.44. The van der Waals surface area contributed by atoms with Gasteiger partial charge < -0.3 is 14.9 Å². The fraction of sp³-hybridized carbons (Fsp3) is 0.229. The van der Waals surface area contributed by atoms with Crippen LogP contribution in [0.15, 0.2) is 113 Å². The first kappa shape index (κ1) is 26.4. The maximum atomic E-state index is 14.7. The normalized spacial score (nSPS) is 28.3. The van der Waals surface area contributed by atoms with E-state index in [1.807, 2.05) is 97.9 Å². The molecule has 0 saturated carbocycles. The first-order valence-corrected chi connectivity index (χ1v) is 15.3. The van der Waals surface area contributed by atoms with E-state index in [0.29, 0.717) is 0 Å². The number of nitrogens with one attached hydrogen (secondary N) is 1. The highest BCUT2D eigenvalue weighted by molar-refractivity contribution is 9.10. The van der Waals surface area contributed by atoms with Crippen molar-refractivity contribution < 1.29 is 19.2 Å². The highest BCUT2D eigenvalue weighted by Crippen LogP contribution is 2.67. The van der Waals surface area contributed by atoms with E-state index in [2.05, 4.69) is 43.4 Å². The molecule has 8 heteroatoms. The maximum absolute atomic E-state index is 14.7. The molecule has 4 heterocycles. The topological polar surface area (TPSA) is 80.2 Å². The number of anilines is 1. The van der Waals surface area contributed by atoms with Crippen molar-refractivity contribution in [2.45, 2.75) is 42.5 Å². The Morgan fingerprint density at radius 2 is 1.65 bits per heavy atom. The Morgan fingerprint density at radius 1 is 0.953 bits per heavy atom. The summed E-state index contributed by atoms with van der Waals surface area (Å²) in [4.78, 5) is 37.4. The van der Waals surface area contributed by atoms with E-state index >= 15 is 0 Å². The number of hydrogen-bond acceptors (Lipinski definition) is 6. The lowest BCUT2D eigenvalue weighted by atomic mass is 9.62. The number of para-hydroxylation sites is 1. The molecule has 1 spiro atoms. The third-order valence-corrected chi connectivity index (χ3v) is 9.97.